The van der Waals surface area contributed by atoms with E-state index >= 15 is 0 Å². The molecule has 1 aliphatic heterocycles. The van der Waals surface area contributed by atoms with E-state index in [1.165, 1.54) is 0 Å². The Hall–Kier alpha value is -3.40. The molecule has 0 unspecified atom stereocenters. The maximum atomic E-state index is 13.2. The van der Waals surface area contributed by atoms with Crippen molar-refractivity contribution in [3.05, 3.63) is 89.5 Å². The average molecular weight is 538 g/mol. The standard InChI is InChI=1S/C29H35N3O5S/c1-20-4-14-27(15-5-20)38(34,35)32-24-16-23(17-30-18-24)29(33)31-19-28(21-6-10-25(36-2)11-7-21)22-8-12-26(37-3)13-9-22/h4-15,23-24,28,30,32H,16-19H2,1-3H3,(H,31,33)/t23-,24-/m0/s1. The van der Waals surface area contributed by atoms with Crippen molar-refractivity contribution in [1.82, 2.24) is 15.4 Å². The molecule has 0 spiro atoms. The fraction of sp³-hybridized carbons (Fsp3) is 0.345. The van der Waals surface area contributed by atoms with Crippen molar-refractivity contribution in [2.45, 2.75) is 30.2 Å². The van der Waals surface area contributed by atoms with E-state index in [0.29, 0.717) is 26.1 Å². The quantitative estimate of drug-likeness (QED) is 0.367. The van der Waals surface area contributed by atoms with Gasteiger partial charge in [-0.2, -0.15) is 0 Å². The van der Waals surface area contributed by atoms with Crippen LogP contribution in [-0.4, -0.2) is 54.2 Å². The fourth-order valence-corrected chi connectivity index (χ4v) is 5.93. The maximum Gasteiger partial charge on any atom is 0.240 e. The lowest BCUT2D eigenvalue weighted by Crippen LogP contribution is -2.52. The highest BCUT2D eigenvalue weighted by Crippen LogP contribution is 2.28. The summed E-state index contributed by atoms with van der Waals surface area (Å²) in [6.45, 7) is 3.26. The summed E-state index contributed by atoms with van der Waals surface area (Å²) in [4.78, 5) is 13.4. The minimum Gasteiger partial charge on any atom is -0.497 e. The number of hydrogen-bond donors (Lipinski definition) is 3. The topological polar surface area (TPSA) is 106 Å². The number of carbonyl (C=O) groups excluding carboxylic acids is 1. The van der Waals surface area contributed by atoms with Crippen molar-refractivity contribution in [3.63, 3.8) is 0 Å². The Balaban J connectivity index is 1.42. The van der Waals surface area contributed by atoms with Crippen LogP contribution in [0.2, 0.25) is 0 Å². The van der Waals surface area contributed by atoms with Gasteiger partial charge in [0, 0.05) is 31.6 Å². The predicted molar refractivity (Wildman–Crippen MR) is 147 cm³/mol. The van der Waals surface area contributed by atoms with Crippen molar-refractivity contribution < 1.29 is 22.7 Å². The van der Waals surface area contributed by atoms with Gasteiger partial charge >= 0.3 is 0 Å². The number of hydrogen-bond acceptors (Lipinski definition) is 6. The normalized spacial score (nSPS) is 17.7. The van der Waals surface area contributed by atoms with Gasteiger partial charge < -0.3 is 20.1 Å². The first-order valence-corrected chi connectivity index (χ1v) is 14.1. The van der Waals surface area contributed by atoms with Gasteiger partial charge in [-0.25, -0.2) is 13.1 Å². The van der Waals surface area contributed by atoms with Gasteiger partial charge in [0.05, 0.1) is 25.0 Å². The summed E-state index contributed by atoms with van der Waals surface area (Å²) in [6, 6.07) is 22.0. The first-order valence-electron chi connectivity index (χ1n) is 12.6. The largest absolute Gasteiger partial charge is 0.497 e. The molecule has 38 heavy (non-hydrogen) atoms. The molecule has 0 radical (unpaired) electrons. The van der Waals surface area contributed by atoms with Crippen LogP contribution in [0.4, 0.5) is 0 Å². The van der Waals surface area contributed by atoms with E-state index in [-0.39, 0.29) is 28.7 Å². The molecule has 0 saturated carbocycles. The summed E-state index contributed by atoms with van der Waals surface area (Å²) >= 11 is 0. The molecule has 1 amide bonds. The summed E-state index contributed by atoms with van der Waals surface area (Å²) < 4.78 is 39.1. The third-order valence-corrected chi connectivity index (χ3v) is 8.43. The lowest BCUT2D eigenvalue weighted by molar-refractivity contribution is -0.125. The van der Waals surface area contributed by atoms with Crippen molar-refractivity contribution in [1.29, 1.82) is 0 Å². The molecule has 8 nitrogen and oxygen atoms in total. The maximum absolute atomic E-state index is 13.2. The Labute approximate surface area is 224 Å². The molecule has 1 heterocycles. The number of aryl methyl sites for hydroxylation is 1. The number of piperidine rings is 1. The predicted octanol–water partition coefficient (Wildman–Crippen LogP) is 3.22. The van der Waals surface area contributed by atoms with Gasteiger partial charge in [-0.05, 0) is 60.9 Å². The van der Waals surface area contributed by atoms with Gasteiger partial charge in [0.2, 0.25) is 15.9 Å². The fourth-order valence-electron chi connectivity index (χ4n) is 4.68. The second kappa shape index (κ2) is 12.4. The molecule has 0 bridgehead atoms. The molecular formula is C29H35N3O5S. The minimum absolute atomic E-state index is 0.0804. The molecule has 1 fully saturated rings. The Kier molecular flexibility index (Phi) is 9.04. The molecule has 202 valence electrons. The number of nitrogens with one attached hydrogen (secondary N) is 3. The molecule has 3 aromatic carbocycles. The molecule has 1 aliphatic rings. The Morgan fingerprint density at radius 2 is 1.45 bits per heavy atom. The highest BCUT2D eigenvalue weighted by atomic mass is 32.2. The lowest BCUT2D eigenvalue weighted by atomic mass is 9.90. The number of methoxy groups -OCH3 is 2. The summed E-state index contributed by atoms with van der Waals surface area (Å²) in [5, 5.41) is 6.32. The molecule has 3 aromatic rings. The van der Waals surface area contributed by atoms with E-state index < -0.39 is 10.0 Å². The minimum atomic E-state index is -3.68. The summed E-state index contributed by atoms with van der Waals surface area (Å²) in [6.07, 6.45) is 0.416. The van der Waals surface area contributed by atoms with Gasteiger partial charge in [-0.3, -0.25) is 4.79 Å². The molecular weight excluding hydrogens is 502 g/mol. The zero-order valence-electron chi connectivity index (χ0n) is 21.9. The third-order valence-electron chi connectivity index (χ3n) is 6.89. The van der Waals surface area contributed by atoms with E-state index in [9.17, 15) is 13.2 Å². The van der Waals surface area contributed by atoms with Gasteiger partial charge in [-0.15, -0.1) is 0 Å². The first-order chi connectivity index (χ1) is 18.3. The van der Waals surface area contributed by atoms with E-state index in [0.717, 1.165) is 28.2 Å². The molecule has 0 aliphatic carbocycles. The SMILES string of the molecule is COc1ccc(C(CNC(=O)[C@@H]2CNC[C@@H](NS(=O)(=O)c3ccc(C)cc3)C2)c2ccc(OC)cc2)cc1. The summed E-state index contributed by atoms with van der Waals surface area (Å²) in [5.74, 6) is 0.978. The van der Waals surface area contributed by atoms with Crippen molar-refractivity contribution >= 4 is 15.9 Å². The van der Waals surface area contributed by atoms with Crippen LogP contribution in [0, 0.1) is 12.8 Å². The molecule has 4 rings (SSSR count). The van der Waals surface area contributed by atoms with E-state index in [4.69, 9.17) is 9.47 Å². The van der Waals surface area contributed by atoms with Crippen LogP contribution in [0.1, 0.15) is 29.0 Å². The molecule has 1 saturated heterocycles. The zero-order valence-corrected chi connectivity index (χ0v) is 22.8. The monoisotopic (exact) mass is 537 g/mol. The summed E-state index contributed by atoms with van der Waals surface area (Å²) in [5.41, 5.74) is 3.08. The van der Waals surface area contributed by atoms with Crippen molar-refractivity contribution in [3.8, 4) is 11.5 Å². The Morgan fingerprint density at radius 1 is 0.895 bits per heavy atom. The van der Waals surface area contributed by atoms with Crippen LogP contribution in [0.3, 0.4) is 0 Å². The van der Waals surface area contributed by atoms with Crippen LogP contribution >= 0.6 is 0 Å². The second-order valence-corrected chi connectivity index (χ2v) is 11.3. The lowest BCUT2D eigenvalue weighted by Gasteiger charge is -2.30. The molecule has 0 aromatic heterocycles. The van der Waals surface area contributed by atoms with Gasteiger partial charge in [0.25, 0.3) is 0 Å². The number of sulfonamides is 1. The zero-order chi connectivity index (χ0) is 27.1. The Morgan fingerprint density at radius 3 is 1.97 bits per heavy atom. The highest BCUT2D eigenvalue weighted by Gasteiger charge is 2.30. The van der Waals surface area contributed by atoms with Crippen molar-refractivity contribution in [2.24, 2.45) is 5.92 Å². The van der Waals surface area contributed by atoms with Gasteiger partial charge in [-0.1, -0.05) is 42.0 Å². The summed E-state index contributed by atoms with van der Waals surface area (Å²) in [7, 11) is -0.422. The smallest absolute Gasteiger partial charge is 0.240 e. The van der Waals surface area contributed by atoms with E-state index in [1.807, 2.05) is 55.5 Å². The van der Waals surface area contributed by atoms with Crippen LogP contribution in [-0.2, 0) is 14.8 Å². The highest BCUT2D eigenvalue weighted by molar-refractivity contribution is 7.89. The second-order valence-electron chi connectivity index (χ2n) is 9.57. The molecule has 2 atom stereocenters. The van der Waals surface area contributed by atoms with Crippen LogP contribution in [0.15, 0.2) is 77.7 Å². The van der Waals surface area contributed by atoms with E-state index in [2.05, 4.69) is 15.4 Å². The van der Waals surface area contributed by atoms with Gasteiger partial charge in [0.1, 0.15) is 11.5 Å². The number of amides is 1. The number of benzene rings is 3. The molecule has 3 N–H and O–H groups in total. The van der Waals surface area contributed by atoms with Crippen LogP contribution < -0.4 is 24.8 Å². The van der Waals surface area contributed by atoms with Crippen LogP contribution in [0.25, 0.3) is 0 Å². The molecule has 9 heteroatoms. The number of rotatable bonds is 10. The van der Waals surface area contributed by atoms with Crippen molar-refractivity contribution in [2.75, 3.05) is 33.9 Å². The Bertz CT molecular complexity index is 1260. The van der Waals surface area contributed by atoms with E-state index in [1.54, 1.807) is 38.5 Å². The average Bonchev–Trinajstić information content (AvgIpc) is 2.94. The number of carbonyl (C=O) groups is 1. The van der Waals surface area contributed by atoms with Gasteiger partial charge in [0.15, 0.2) is 0 Å². The van der Waals surface area contributed by atoms with Crippen LogP contribution in [0.5, 0.6) is 11.5 Å². The third kappa shape index (κ3) is 6.92. The first kappa shape index (κ1) is 27.6. The number of ether oxygens (including phenoxy) is 2.